The minimum Gasteiger partial charge on any atom is -0.447 e. The van der Waals surface area contributed by atoms with Crippen LogP contribution in [0.4, 0.5) is 35.0 Å². The monoisotopic (exact) mass is 433 g/mol. The van der Waals surface area contributed by atoms with E-state index in [1.807, 2.05) is 0 Å². The molecule has 2 aliphatic heterocycles. The fraction of sp³-hybridized carbons (Fsp3) is 0.286. The number of ether oxygens (including phenoxy) is 1. The van der Waals surface area contributed by atoms with Gasteiger partial charge < -0.3 is 15.0 Å². The van der Waals surface area contributed by atoms with Crippen LogP contribution in [0.5, 0.6) is 0 Å². The van der Waals surface area contributed by atoms with E-state index in [1.54, 1.807) is 24.3 Å². The van der Waals surface area contributed by atoms with E-state index in [2.05, 4.69) is 5.32 Å². The molecule has 2 aromatic rings. The summed E-state index contributed by atoms with van der Waals surface area (Å²) < 4.78 is 43.8. The van der Waals surface area contributed by atoms with Gasteiger partial charge in [0.15, 0.2) is 0 Å². The van der Waals surface area contributed by atoms with E-state index < -0.39 is 35.6 Å². The van der Waals surface area contributed by atoms with Crippen molar-refractivity contribution in [2.45, 2.75) is 12.6 Å². The van der Waals surface area contributed by atoms with Crippen molar-refractivity contribution in [3.05, 3.63) is 54.1 Å². The second-order valence-corrected chi connectivity index (χ2v) is 7.26. The third kappa shape index (κ3) is 4.32. The Morgan fingerprint density at radius 2 is 1.74 bits per heavy atom. The van der Waals surface area contributed by atoms with Crippen molar-refractivity contribution in [3.8, 4) is 0 Å². The van der Waals surface area contributed by atoms with Crippen LogP contribution in [0.3, 0.4) is 0 Å². The molecule has 4 rings (SSSR count). The van der Waals surface area contributed by atoms with Gasteiger partial charge in [-0.3, -0.25) is 14.5 Å². The van der Waals surface area contributed by atoms with E-state index in [0.717, 1.165) is 12.1 Å². The molecular formula is C21H18F3N3O4. The number of carbonyl (C=O) groups is 3. The maximum atomic E-state index is 13.0. The van der Waals surface area contributed by atoms with Gasteiger partial charge in [0.05, 0.1) is 18.0 Å². The first-order chi connectivity index (χ1) is 14.7. The lowest BCUT2D eigenvalue weighted by atomic mass is 10.1. The Bertz CT molecular complexity index is 1040. The minimum atomic E-state index is -4.53. The van der Waals surface area contributed by atoms with Crippen molar-refractivity contribution in [1.29, 1.82) is 0 Å². The first-order valence-electron chi connectivity index (χ1n) is 9.55. The number of hydrogen-bond acceptors (Lipinski definition) is 4. The van der Waals surface area contributed by atoms with Crippen molar-refractivity contribution in [3.63, 3.8) is 0 Å². The van der Waals surface area contributed by atoms with Gasteiger partial charge in [0.2, 0.25) is 11.8 Å². The molecule has 0 bridgehead atoms. The molecule has 2 aliphatic rings. The Morgan fingerprint density at radius 1 is 1.03 bits per heavy atom. The third-order valence-electron chi connectivity index (χ3n) is 5.17. The first kappa shape index (κ1) is 20.7. The molecule has 1 N–H and O–H groups in total. The number of anilines is 3. The number of benzene rings is 2. The van der Waals surface area contributed by atoms with Gasteiger partial charge in [-0.05, 0) is 36.4 Å². The quantitative estimate of drug-likeness (QED) is 0.799. The second-order valence-electron chi connectivity index (χ2n) is 7.26. The summed E-state index contributed by atoms with van der Waals surface area (Å²) in [5.74, 6) is -1.57. The van der Waals surface area contributed by atoms with Crippen molar-refractivity contribution < 1.29 is 32.3 Å². The fourth-order valence-corrected chi connectivity index (χ4v) is 3.61. The molecule has 10 heteroatoms. The van der Waals surface area contributed by atoms with Gasteiger partial charge in [-0.2, -0.15) is 13.2 Å². The van der Waals surface area contributed by atoms with Gasteiger partial charge >= 0.3 is 12.3 Å². The molecule has 0 saturated carbocycles. The lowest BCUT2D eigenvalue weighted by Gasteiger charge is -2.18. The molecule has 2 saturated heterocycles. The number of carbonyl (C=O) groups excluding carboxylic acids is 3. The molecule has 0 aromatic heterocycles. The van der Waals surface area contributed by atoms with Gasteiger partial charge in [-0.25, -0.2) is 4.79 Å². The van der Waals surface area contributed by atoms with Crippen molar-refractivity contribution in [2.24, 2.45) is 5.92 Å². The van der Waals surface area contributed by atoms with Crippen LogP contribution in [0.25, 0.3) is 0 Å². The van der Waals surface area contributed by atoms with Crippen LogP contribution in [0.2, 0.25) is 0 Å². The maximum absolute atomic E-state index is 13.0. The van der Waals surface area contributed by atoms with E-state index in [9.17, 15) is 27.6 Å². The van der Waals surface area contributed by atoms with Crippen molar-refractivity contribution in [1.82, 2.24) is 0 Å². The molecule has 7 nitrogen and oxygen atoms in total. The van der Waals surface area contributed by atoms with Crippen LogP contribution < -0.4 is 15.1 Å². The lowest BCUT2D eigenvalue weighted by Crippen LogP contribution is -2.28. The van der Waals surface area contributed by atoms with Crippen LogP contribution in [0, 0.1) is 5.92 Å². The smallest absolute Gasteiger partial charge is 0.416 e. The summed E-state index contributed by atoms with van der Waals surface area (Å²) in [5.41, 5.74) is 0.244. The van der Waals surface area contributed by atoms with E-state index in [4.69, 9.17) is 4.74 Å². The molecule has 0 aliphatic carbocycles. The number of amides is 3. The molecule has 1 unspecified atom stereocenters. The maximum Gasteiger partial charge on any atom is 0.416 e. The third-order valence-corrected chi connectivity index (χ3v) is 5.17. The van der Waals surface area contributed by atoms with Gasteiger partial charge in [-0.15, -0.1) is 0 Å². The van der Waals surface area contributed by atoms with E-state index in [-0.39, 0.29) is 25.3 Å². The topological polar surface area (TPSA) is 79.0 Å². The summed E-state index contributed by atoms with van der Waals surface area (Å²) in [6, 6.07) is 11.1. The number of cyclic esters (lactones) is 1. The van der Waals surface area contributed by atoms with Crippen molar-refractivity contribution >= 4 is 35.0 Å². The highest BCUT2D eigenvalue weighted by molar-refractivity contribution is 6.03. The van der Waals surface area contributed by atoms with E-state index in [0.29, 0.717) is 17.9 Å². The SMILES string of the molecule is O=C(Nc1cccc(N2CCOC2=O)c1)C1CC(=O)N(c2cccc(C(F)(F)F)c2)C1. The Kier molecular flexibility index (Phi) is 5.30. The van der Waals surface area contributed by atoms with Crippen LogP contribution >= 0.6 is 0 Å². The first-order valence-corrected chi connectivity index (χ1v) is 9.55. The summed E-state index contributed by atoms with van der Waals surface area (Å²) in [4.78, 5) is 39.4. The molecule has 31 heavy (non-hydrogen) atoms. The van der Waals surface area contributed by atoms with E-state index >= 15 is 0 Å². The van der Waals surface area contributed by atoms with Crippen LogP contribution in [0.15, 0.2) is 48.5 Å². The van der Waals surface area contributed by atoms with Gasteiger partial charge in [-0.1, -0.05) is 12.1 Å². The largest absolute Gasteiger partial charge is 0.447 e. The van der Waals surface area contributed by atoms with Gasteiger partial charge in [0.25, 0.3) is 0 Å². The Morgan fingerprint density at radius 3 is 2.42 bits per heavy atom. The predicted molar refractivity (Wildman–Crippen MR) is 106 cm³/mol. The number of hydrogen-bond donors (Lipinski definition) is 1. The molecule has 1 atom stereocenters. The number of nitrogens with zero attached hydrogens (tertiary/aromatic N) is 2. The predicted octanol–water partition coefficient (Wildman–Crippen LogP) is 3.65. The second kappa shape index (κ2) is 7.93. The van der Waals surface area contributed by atoms with Crippen LogP contribution in [-0.2, 0) is 20.5 Å². The summed E-state index contributed by atoms with van der Waals surface area (Å²) >= 11 is 0. The van der Waals surface area contributed by atoms with Crippen LogP contribution in [-0.4, -0.2) is 37.6 Å². The molecule has 3 amide bonds. The highest BCUT2D eigenvalue weighted by Gasteiger charge is 2.37. The van der Waals surface area contributed by atoms with E-state index in [1.165, 1.54) is 21.9 Å². The minimum absolute atomic E-state index is 0.0237. The highest BCUT2D eigenvalue weighted by Crippen LogP contribution is 2.33. The summed E-state index contributed by atoms with van der Waals surface area (Å²) in [7, 11) is 0. The summed E-state index contributed by atoms with van der Waals surface area (Å²) in [6.07, 6.45) is -5.11. The Labute approximate surface area is 175 Å². The highest BCUT2D eigenvalue weighted by atomic mass is 19.4. The Hall–Kier alpha value is -3.56. The summed E-state index contributed by atoms with van der Waals surface area (Å²) in [6.45, 7) is 0.661. The molecule has 0 spiro atoms. The zero-order chi connectivity index (χ0) is 22.2. The molecule has 162 valence electrons. The average molecular weight is 433 g/mol. The molecular weight excluding hydrogens is 415 g/mol. The number of alkyl halides is 3. The molecule has 2 fully saturated rings. The standard InChI is InChI=1S/C21H18F3N3O4/c22-21(23,24)14-3-1-5-16(10-14)27-12-13(9-18(27)28)19(29)25-15-4-2-6-17(11-15)26-7-8-31-20(26)30/h1-6,10-11,13H,7-9,12H2,(H,25,29). The normalized spacial score (nSPS) is 19.0. The molecule has 2 aromatic carbocycles. The number of halogens is 3. The Balaban J connectivity index is 1.45. The number of nitrogens with one attached hydrogen (secondary N) is 1. The van der Waals surface area contributed by atoms with Crippen molar-refractivity contribution in [2.75, 3.05) is 34.8 Å². The number of rotatable bonds is 4. The van der Waals surface area contributed by atoms with Gasteiger partial charge in [0.1, 0.15) is 6.61 Å². The fourth-order valence-electron chi connectivity index (χ4n) is 3.61. The van der Waals surface area contributed by atoms with Crippen LogP contribution in [0.1, 0.15) is 12.0 Å². The zero-order valence-corrected chi connectivity index (χ0v) is 16.2. The van der Waals surface area contributed by atoms with Gasteiger partial charge in [0, 0.05) is 30.0 Å². The summed E-state index contributed by atoms with van der Waals surface area (Å²) in [5, 5.41) is 2.71. The molecule has 2 heterocycles. The zero-order valence-electron chi connectivity index (χ0n) is 16.2. The lowest BCUT2D eigenvalue weighted by molar-refractivity contribution is -0.137. The average Bonchev–Trinajstić information content (AvgIpc) is 3.33. The molecule has 0 radical (unpaired) electrons.